The van der Waals surface area contributed by atoms with Crippen molar-refractivity contribution in [2.45, 2.75) is 73.1 Å². The van der Waals surface area contributed by atoms with Gasteiger partial charge in [0.2, 0.25) is 0 Å². The molecule has 126 valence electrons. The second-order valence-corrected chi connectivity index (χ2v) is 7.74. The van der Waals surface area contributed by atoms with Crippen molar-refractivity contribution in [2.24, 2.45) is 17.3 Å². The van der Waals surface area contributed by atoms with Crippen molar-refractivity contribution in [2.75, 3.05) is 32.7 Å². The first-order chi connectivity index (χ1) is 10.0. The molecular formula is C19H40N2. The average molecular weight is 297 g/mol. The van der Waals surface area contributed by atoms with Crippen LogP contribution in [-0.2, 0) is 0 Å². The molecule has 0 bridgehead atoms. The smallest absolute Gasteiger partial charge is 0.00499 e. The van der Waals surface area contributed by atoms with E-state index in [0.29, 0.717) is 5.41 Å². The van der Waals surface area contributed by atoms with Crippen molar-refractivity contribution in [1.29, 1.82) is 0 Å². The van der Waals surface area contributed by atoms with Gasteiger partial charge in [0.25, 0.3) is 0 Å². The van der Waals surface area contributed by atoms with E-state index in [2.05, 4.69) is 44.8 Å². The van der Waals surface area contributed by atoms with Gasteiger partial charge < -0.3 is 10.2 Å². The summed E-state index contributed by atoms with van der Waals surface area (Å²) >= 11 is 0. The Morgan fingerprint density at radius 2 is 1.71 bits per heavy atom. The summed E-state index contributed by atoms with van der Waals surface area (Å²) in [5.74, 6) is 1.75. The Kier molecular flexibility index (Phi) is 8.89. The third kappa shape index (κ3) is 6.69. The van der Waals surface area contributed by atoms with Crippen molar-refractivity contribution < 1.29 is 0 Å². The summed E-state index contributed by atoms with van der Waals surface area (Å²) in [6, 6.07) is 0. The third-order valence-corrected chi connectivity index (χ3v) is 5.52. The summed E-state index contributed by atoms with van der Waals surface area (Å²) in [5.41, 5.74) is 0.479. The molecule has 1 aliphatic rings. The Balaban J connectivity index is 2.43. The van der Waals surface area contributed by atoms with Gasteiger partial charge in [-0.2, -0.15) is 0 Å². The normalized spacial score (nSPS) is 18.6. The van der Waals surface area contributed by atoms with E-state index in [0.717, 1.165) is 18.4 Å². The molecule has 2 nitrogen and oxygen atoms in total. The zero-order chi connectivity index (χ0) is 15.7. The van der Waals surface area contributed by atoms with Crippen LogP contribution in [0.4, 0.5) is 0 Å². The van der Waals surface area contributed by atoms with Crippen LogP contribution in [0.1, 0.15) is 73.1 Å². The van der Waals surface area contributed by atoms with Gasteiger partial charge in [-0.05, 0) is 62.6 Å². The molecule has 0 radical (unpaired) electrons. The first kappa shape index (κ1) is 19.0. The second-order valence-electron chi connectivity index (χ2n) is 7.74. The van der Waals surface area contributed by atoms with Crippen molar-refractivity contribution in [3.8, 4) is 0 Å². The molecule has 0 atom stereocenters. The SMILES string of the molecule is CCCC1CCN(CC(CC)(CC)CNCC(C)C)CC1. The van der Waals surface area contributed by atoms with Crippen LogP contribution in [0.5, 0.6) is 0 Å². The topological polar surface area (TPSA) is 15.3 Å². The van der Waals surface area contributed by atoms with E-state index in [-0.39, 0.29) is 0 Å². The number of nitrogens with one attached hydrogen (secondary N) is 1. The van der Waals surface area contributed by atoms with Gasteiger partial charge in [0.15, 0.2) is 0 Å². The first-order valence-electron chi connectivity index (χ1n) is 9.48. The number of rotatable bonds is 10. The molecule has 1 saturated heterocycles. The molecule has 0 aromatic rings. The van der Waals surface area contributed by atoms with Crippen molar-refractivity contribution in [1.82, 2.24) is 10.2 Å². The Hall–Kier alpha value is -0.0800. The van der Waals surface area contributed by atoms with E-state index >= 15 is 0 Å². The van der Waals surface area contributed by atoms with Crippen LogP contribution in [-0.4, -0.2) is 37.6 Å². The predicted molar refractivity (Wildman–Crippen MR) is 94.8 cm³/mol. The molecule has 1 fully saturated rings. The van der Waals surface area contributed by atoms with Gasteiger partial charge in [-0.25, -0.2) is 0 Å². The van der Waals surface area contributed by atoms with Gasteiger partial charge >= 0.3 is 0 Å². The van der Waals surface area contributed by atoms with E-state index in [4.69, 9.17) is 0 Å². The monoisotopic (exact) mass is 296 g/mol. The summed E-state index contributed by atoms with van der Waals surface area (Å²) in [6.45, 7) is 18.0. The maximum absolute atomic E-state index is 3.72. The van der Waals surface area contributed by atoms with E-state index in [1.165, 1.54) is 64.7 Å². The van der Waals surface area contributed by atoms with Gasteiger partial charge in [-0.1, -0.05) is 47.5 Å². The van der Waals surface area contributed by atoms with Gasteiger partial charge in [0.1, 0.15) is 0 Å². The highest BCUT2D eigenvalue weighted by atomic mass is 15.1. The molecular weight excluding hydrogens is 256 g/mol. The van der Waals surface area contributed by atoms with Crippen LogP contribution < -0.4 is 5.32 Å². The van der Waals surface area contributed by atoms with Gasteiger partial charge in [-0.3, -0.25) is 0 Å². The number of hydrogen-bond donors (Lipinski definition) is 1. The lowest BCUT2D eigenvalue weighted by Crippen LogP contribution is -2.46. The number of nitrogens with zero attached hydrogens (tertiary/aromatic N) is 1. The zero-order valence-electron chi connectivity index (χ0n) is 15.4. The minimum absolute atomic E-state index is 0.479. The van der Waals surface area contributed by atoms with Crippen molar-refractivity contribution >= 4 is 0 Å². The van der Waals surface area contributed by atoms with E-state index in [9.17, 15) is 0 Å². The van der Waals surface area contributed by atoms with Crippen molar-refractivity contribution in [3.63, 3.8) is 0 Å². The maximum atomic E-state index is 3.72. The standard InChI is InChI=1S/C19H40N2/c1-6-9-18-10-12-21(13-11-18)16-19(7-2,8-3)15-20-14-17(4)5/h17-18,20H,6-16H2,1-5H3. The molecule has 1 heterocycles. The highest BCUT2D eigenvalue weighted by Crippen LogP contribution is 2.30. The summed E-state index contributed by atoms with van der Waals surface area (Å²) < 4.78 is 0. The van der Waals surface area contributed by atoms with Gasteiger partial charge in [0, 0.05) is 13.1 Å². The predicted octanol–water partition coefficient (Wildman–Crippen LogP) is 4.55. The Morgan fingerprint density at radius 1 is 1.10 bits per heavy atom. The second kappa shape index (κ2) is 9.84. The molecule has 1 aliphatic heterocycles. The molecule has 1 rings (SSSR count). The summed E-state index contributed by atoms with van der Waals surface area (Å²) in [6.07, 6.45) is 8.24. The molecule has 0 aliphatic carbocycles. The minimum Gasteiger partial charge on any atom is -0.316 e. The number of hydrogen-bond acceptors (Lipinski definition) is 2. The van der Waals surface area contributed by atoms with Gasteiger partial charge in [-0.15, -0.1) is 0 Å². The summed E-state index contributed by atoms with van der Waals surface area (Å²) in [5, 5.41) is 3.72. The van der Waals surface area contributed by atoms with E-state index < -0.39 is 0 Å². The molecule has 0 aromatic heterocycles. The largest absolute Gasteiger partial charge is 0.316 e. The lowest BCUT2D eigenvalue weighted by Gasteiger charge is -2.41. The Labute approximate surface area is 134 Å². The van der Waals surface area contributed by atoms with Crippen LogP contribution in [0.15, 0.2) is 0 Å². The fourth-order valence-electron chi connectivity index (χ4n) is 3.72. The van der Waals surface area contributed by atoms with Crippen LogP contribution in [0, 0.1) is 17.3 Å². The fourth-order valence-corrected chi connectivity index (χ4v) is 3.72. The molecule has 2 heteroatoms. The zero-order valence-corrected chi connectivity index (χ0v) is 15.4. The lowest BCUT2D eigenvalue weighted by atomic mass is 9.80. The Bertz CT molecular complexity index is 250. The lowest BCUT2D eigenvalue weighted by molar-refractivity contribution is 0.0977. The number of likely N-dealkylation sites (tertiary alicyclic amines) is 1. The Morgan fingerprint density at radius 3 is 2.19 bits per heavy atom. The number of piperidine rings is 1. The quantitative estimate of drug-likeness (QED) is 0.636. The van der Waals surface area contributed by atoms with Crippen molar-refractivity contribution in [3.05, 3.63) is 0 Å². The molecule has 0 unspecified atom stereocenters. The van der Waals surface area contributed by atoms with E-state index in [1.54, 1.807) is 0 Å². The summed E-state index contributed by atoms with van der Waals surface area (Å²) in [4.78, 5) is 2.75. The minimum atomic E-state index is 0.479. The van der Waals surface area contributed by atoms with E-state index in [1.807, 2.05) is 0 Å². The average Bonchev–Trinajstić information content (AvgIpc) is 2.48. The molecule has 0 saturated carbocycles. The third-order valence-electron chi connectivity index (χ3n) is 5.52. The molecule has 0 amide bonds. The van der Waals surface area contributed by atoms with Crippen LogP contribution in [0.25, 0.3) is 0 Å². The maximum Gasteiger partial charge on any atom is 0.00499 e. The molecule has 0 aromatic carbocycles. The van der Waals surface area contributed by atoms with Crippen LogP contribution in [0.2, 0.25) is 0 Å². The van der Waals surface area contributed by atoms with Crippen LogP contribution >= 0.6 is 0 Å². The van der Waals surface area contributed by atoms with Crippen LogP contribution in [0.3, 0.4) is 0 Å². The molecule has 0 spiro atoms. The summed E-state index contributed by atoms with van der Waals surface area (Å²) in [7, 11) is 0. The fraction of sp³-hybridized carbons (Fsp3) is 1.00. The molecule has 1 N–H and O–H groups in total. The molecule has 21 heavy (non-hydrogen) atoms. The van der Waals surface area contributed by atoms with Gasteiger partial charge in [0.05, 0.1) is 0 Å². The highest BCUT2D eigenvalue weighted by Gasteiger charge is 2.30. The first-order valence-corrected chi connectivity index (χ1v) is 9.48. The highest BCUT2D eigenvalue weighted by molar-refractivity contribution is 4.85.